The van der Waals surface area contributed by atoms with Gasteiger partial charge < -0.3 is 10.2 Å². The topological polar surface area (TPSA) is 32.3 Å². The van der Waals surface area contributed by atoms with Crippen LogP contribution in [0.1, 0.15) is 19.3 Å². The van der Waals surface area contributed by atoms with Crippen LogP contribution in [0.2, 0.25) is 0 Å². The quantitative estimate of drug-likeness (QED) is 0.697. The van der Waals surface area contributed by atoms with Gasteiger partial charge in [-0.1, -0.05) is 12.1 Å². The number of anilines is 2. The minimum Gasteiger partial charge on any atom is -0.359 e. The second-order valence-electron chi connectivity index (χ2n) is 4.42. The summed E-state index contributed by atoms with van der Waals surface area (Å²) in [5.41, 5.74) is 1.81. The molecule has 15 heavy (non-hydrogen) atoms. The van der Waals surface area contributed by atoms with Gasteiger partial charge in [-0.15, -0.1) is 0 Å². The van der Waals surface area contributed by atoms with E-state index in [1.54, 1.807) is 0 Å². The van der Waals surface area contributed by atoms with Gasteiger partial charge in [0.05, 0.1) is 11.4 Å². The lowest BCUT2D eigenvalue weighted by atomic mass is 9.73. The van der Waals surface area contributed by atoms with E-state index in [-0.39, 0.29) is 11.4 Å². The van der Waals surface area contributed by atoms with E-state index in [9.17, 15) is 4.79 Å². The van der Waals surface area contributed by atoms with Crippen molar-refractivity contribution in [3.63, 3.8) is 0 Å². The first-order valence-corrected chi connectivity index (χ1v) is 5.38. The van der Waals surface area contributed by atoms with Crippen molar-refractivity contribution in [2.45, 2.75) is 24.8 Å². The Kier molecular flexibility index (Phi) is 1.61. The molecule has 3 rings (SSSR count). The first kappa shape index (κ1) is 8.77. The molecule has 1 aliphatic carbocycles. The fourth-order valence-corrected chi connectivity index (χ4v) is 2.57. The normalized spacial score (nSPS) is 21.9. The number of amides is 1. The van der Waals surface area contributed by atoms with Gasteiger partial charge in [-0.2, -0.15) is 0 Å². The molecule has 1 fully saturated rings. The summed E-state index contributed by atoms with van der Waals surface area (Å²) in [6.07, 6.45) is 3.10. The van der Waals surface area contributed by atoms with Crippen molar-refractivity contribution in [3.05, 3.63) is 24.3 Å². The minimum atomic E-state index is -0.256. The Labute approximate surface area is 89.1 Å². The number of fused-ring (bicyclic) bond motifs is 1. The van der Waals surface area contributed by atoms with Gasteiger partial charge in [0, 0.05) is 7.05 Å². The number of nitrogens with zero attached hydrogens (tertiary/aromatic N) is 1. The van der Waals surface area contributed by atoms with E-state index in [1.807, 2.05) is 25.2 Å². The van der Waals surface area contributed by atoms with E-state index in [4.69, 9.17) is 0 Å². The summed E-state index contributed by atoms with van der Waals surface area (Å²) < 4.78 is 0. The van der Waals surface area contributed by atoms with Crippen molar-refractivity contribution in [3.8, 4) is 0 Å². The first-order chi connectivity index (χ1) is 7.24. The molecule has 0 atom stereocenters. The van der Waals surface area contributed by atoms with Gasteiger partial charge in [0.2, 0.25) is 5.91 Å². The number of carbonyl (C=O) groups excluding carboxylic acids is 1. The Morgan fingerprint density at radius 2 is 2.07 bits per heavy atom. The highest BCUT2D eigenvalue weighted by Crippen LogP contribution is 2.45. The minimum absolute atomic E-state index is 0.162. The molecule has 3 heteroatoms. The SMILES string of the molecule is CN1c2ccccc2NC(=O)C12CCC2. The monoisotopic (exact) mass is 202 g/mol. The van der Waals surface area contributed by atoms with Crippen LogP contribution < -0.4 is 10.2 Å². The summed E-state index contributed by atoms with van der Waals surface area (Å²) in [5.74, 6) is 0.162. The maximum absolute atomic E-state index is 12.0. The van der Waals surface area contributed by atoms with Crippen LogP contribution in [0.3, 0.4) is 0 Å². The van der Waals surface area contributed by atoms with Crippen LogP contribution in [0, 0.1) is 0 Å². The van der Waals surface area contributed by atoms with E-state index in [1.165, 1.54) is 0 Å². The molecular formula is C12H14N2O. The summed E-state index contributed by atoms with van der Waals surface area (Å²) >= 11 is 0. The molecule has 1 heterocycles. The predicted octanol–water partition coefficient (Wildman–Crippen LogP) is 2.00. The molecule has 1 saturated carbocycles. The van der Waals surface area contributed by atoms with E-state index >= 15 is 0 Å². The maximum Gasteiger partial charge on any atom is 0.250 e. The van der Waals surface area contributed by atoms with Crippen molar-refractivity contribution in [2.24, 2.45) is 0 Å². The van der Waals surface area contributed by atoms with E-state index < -0.39 is 0 Å². The lowest BCUT2D eigenvalue weighted by molar-refractivity contribution is -0.124. The molecule has 1 N–H and O–H groups in total. The lowest BCUT2D eigenvalue weighted by Crippen LogP contribution is -2.62. The third-order valence-electron chi connectivity index (χ3n) is 3.76. The molecule has 1 amide bonds. The van der Waals surface area contributed by atoms with Crippen LogP contribution in [0.5, 0.6) is 0 Å². The Morgan fingerprint density at radius 1 is 1.33 bits per heavy atom. The molecule has 1 aliphatic heterocycles. The Balaban J connectivity index is 2.11. The highest BCUT2D eigenvalue weighted by Gasteiger charge is 2.50. The summed E-state index contributed by atoms with van der Waals surface area (Å²) in [7, 11) is 2.02. The molecular weight excluding hydrogens is 188 g/mol. The predicted molar refractivity (Wildman–Crippen MR) is 60.1 cm³/mol. The number of carbonyl (C=O) groups is 1. The third kappa shape index (κ3) is 0.978. The number of rotatable bonds is 0. The van der Waals surface area contributed by atoms with Crippen LogP contribution >= 0.6 is 0 Å². The van der Waals surface area contributed by atoms with Crippen LogP contribution in [-0.2, 0) is 4.79 Å². The van der Waals surface area contributed by atoms with Crippen LogP contribution in [0.4, 0.5) is 11.4 Å². The molecule has 0 unspecified atom stereocenters. The highest BCUT2D eigenvalue weighted by atomic mass is 16.2. The zero-order chi connectivity index (χ0) is 10.5. The third-order valence-corrected chi connectivity index (χ3v) is 3.76. The first-order valence-electron chi connectivity index (χ1n) is 5.38. The van der Waals surface area contributed by atoms with Gasteiger partial charge in [-0.3, -0.25) is 4.79 Å². The van der Waals surface area contributed by atoms with Gasteiger partial charge in [-0.05, 0) is 31.4 Å². The van der Waals surface area contributed by atoms with Gasteiger partial charge in [-0.25, -0.2) is 0 Å². The van der Waals surface area contributed by atoms with Crippen LogP contribution in [-0.4, -0.2) is 18.5 Å². The molecule has 0 aromatic heterocycles. The molecule has 78 valence electrons. The number of likely N-dealkylation sites (N-methyl/N-ethyl adjacent to an activating group) is 1. The summed E-state index contributed by atoms with van der Waals surface area (Å²) in [6, 6.07) is 7.98. The van der Waals surface area contributed by atoms with Crippen molar-refractivity contribution in [2.75, 3.05) is 17.3 Å². The largest absolute Gasteiger partial charge is 0.359 e. The maximum atomic E-state index is 12.0. The fourth-order valence-electron chi connectivity index (χ4n) is 2.57. The number of benzene rings is 1. The summed E-state index contributed by atoms with van der Waals surface area (Å²) in [5, 5.41) is 3.00. The zero-order valence-corrected chi connectivity index (χ0v) is 8.79. The number of hydrogen-bond donors (Lipinski definition) is 1. The molecule has 3 nitrogen and oxygen atoms in total. The van der Waals surface area contributed by atoms with Crippen molar-refractivity contribution in [1.29, 1.82) is 0 Å². The Bertz CT molecular complexity index is 423. The number of nitrogens with one attached hydrogen (secondary N) is 1. The number of para-hydroxylation sites is 2. The Morgan fingerprint density at radius 3 is 2.73 bits per heavy atom. The fraction of sp³-hybridized carbons (Fsp3) is 0.417. The average molecular weight is 202 g/mol. The van der Waals surface area contributed by atoms with Crippen LogP contribution in [0.15, 0.2) is 24.3 Å². The van der Waals surface area contributed by atoms with Crippen LogP contribution in [0.25, 0.3) is 0 Å². The second kappa shape index (κ2) is 2.75. The zero-order valence-electron chi connectivity index (χ0n) is 8.79. The van der Waals surface area contributed by atoms with Crippen molar-refractivity contribution < 1.29 is 4.79 Å². The smallest absolute Gasteiger partial charge is 0.250 e. The second-order valence-corrected chi connectivity index (χ2v) is 4.42. The van der Waals surface area contributed by atoms with E-state index in [0.717, 1.165) is 30.6 Å². The average Bonchev–Trinajstić information content (AvgIpc) is 2.15. The standard InChI is InChI=1S/C12H14N2O/c1-14-10-6-3-2-5-9(10)13-11(15)12(14)7-4-8-12/h2-3,5-6H,4,7-8H2,1H3,(H,13,15). The summed E-state index contributed by atoms with van der Waals surface area (Å²) in [4.78, 5) is 14.2. The van der Waals surface area contributed by atoms with Crippen molar-refractivity contribution >= 4 is 17.3 Å². The van der Waals surface area contributed by atoms with Gasteiger partial charge in [0.15, 0.2) is 0 Å². The molecule has 0 bridgehead atoms. The van der Waals surface area contributed by atoms with Gasteiger partial charge in [0.1, 0.15) is 5.54 Å². The molecule has 0 radical (unpaired) electrons. The molecule has 1 aromatic carbocycles. The van der Waals surface area contributed by atoms with Gasteiger partial charge >= 0.3 is 0 Å². The number of hydrogen-bond acceptors (Lipinski definition) is 2. The Hall–Kier alpha value is -1.51. The molecule has 0 saturated heterocycles. The molecule has 1 aromatic rings. The van der Waals surface area contributed by atoms with Gasteiger partial charge in [0.25, 0.3) is 0 Å². The van der Waals surface area contributed by atoms with E-state index in [2.05, 4.69) is 16.3 Å². The molecule has 1 spiro atoms. The van der Waals surface area contributed by atoms with Crippen molar-refractivity contribution in [1.82, 2.24) is 0 Å². The molecule has 2 aliphatic rings. The summed E-state index contributed by atoms with van der Waals surface area (Å²) in [6.45, 7) is 0. The van der Waals surface area contributed by atoms with E-state index in [0.29, 0.717) is 0 Å². The lowest BCUT2D eigenvalue weighted by Gasteiger charge is -2.51. The highest BCUT2D eigenvalue weighted by molar-refractivity contribution is 6.07.